The number of carbonyl (C=O) groups excluding carboxylic acids is 2. The van der Waals surface area contributed by atoms with E-state index in [1.165, 1.54) is 11.3 Å². The Morgan fingerprint density at radius 3 is 2.38 bits per heavy atom. The molecule has 0 fully saturated rings. The summed E-state index contributed by atoms with van der Waals surface area (Å²) in [6.07, 6.45) is 0. The van der Waals surface area contributed by atoms with E-state index in [4.69, 9.17) is 12.2 Å². The van der Waals surface area contributed by atoms with E-state index in [-0.39, 0.29) is 16.9 Å². The second-order valence-electron chi connectivity index (χ2n) is 3.85. The summed E-state index contributed by atoms with van der Waals surface area (Å²) in [5.74, 6) is -0.671. The van der Waals surface area contributed by atoms with Crippen LogP contribution in [0.3, 0.4) is 0 Å². The predicted octanol–water partition coefficient (Wildman–Crippen LogP) is 2.46. The fraction of sp³-hybridized carbons (Fsp3) is 0. The summed E-state index contributed by atoms with van der Waals surface area (Å²) in [6.45, 7) is 0. The van der Waals surface area contributed by atoms with Crippen LogP contribution in [-0.4, -0.2) is 16.9 Å². The molecular formula is C13H10BrN3O2S2. The van der Waals surface area contributed by atoms with Crippen molar-refractivity contribution >= 4 is 56.4 Å². The van der Waals surface area contributed by atoms with Crippen molar-refractivity contribution in [3.8, 4) is 0 Å². The SMILES string of the molecule is O=C(NNC(=S)NC(=O)c1cccs1)c1ccc(Br)cc1. The van der Waals surface area contributed by atoms with Gasteiger partial charge in [-0.3, -0.25) is 25.8 Å². The molecule has 1 aromatic carbocycles. The Kier molecular flexibility index (Phi) is 5.43. The van der Waals surface area contributed by atoms with E-state index in [2.05, 4.69) is 32.1 Å². The first-order valence-corrected chi connectivity index (χ1v) is 7.85. The molecule has 108 valence electrons. The normalized spacial score (nSPS) is 9.76. The zero-order chi connectivity index (χ0) is 15.2. The molecule has 0 saturated heterocycles. The van der Waals surface area contributed by atoms with Crippen molar-refractivity contribution in [2.45, 2.75) is 0 Å². The van der Waals surface area contributed by atoms with E-state index < -0.39 is 0 Å². The minimum atomic E-state index is -0.352. The first kappa shape index (κ1) is 15.6. The van der Waals surface area contributed by atoms with Gasteiger partial charge in [0.05, 0.1) is 4.88 Å². The Labute approximate surface area is 138 Å². The van der Waals surface area contributed by atoms with E-state index in [0.29, 0.717) is 10.4 Å². The molecule has 8 heteroatoms. The van der Waals surface area contributed by atoms with E-state index in [0.717, 1.165) is 4.47 Å². The number of rotatable bonds is 2. The van der Waals surface area contributed by atoms with Gasteiger partial charge in [-0.1, -0.05) is 22.0 Å². The third-order valence-electron chi connectivity index (χ3n) is 2.37. The van der Waals surface area contributed by atoms with E-state index in [9.17, 15) is 9.59 Å². The Morgan fingerprint density at radius 1 is 1.05 bits per heavy atom. The van der Waals surface area contributed by atoms with Crippen LogP contribution in [0.25, 0.3) is 0 Å². The molecule has 1 aromatic heterocycles. The number of hydrazine groups is 1. The highest BCUT2D eigenvalue weighted by molar-refractivity contribution is 9.10. The third-order valence-corrected chi connectivity index (χ3v) is 3.97. The fourth-order valence-electron chi connectivity index (χ4n) is 1.39. The molecule has 0 aliphatic carbocycles. The van der Waals surface area contributed by atoms with Crippen LogP contribution in [0.1, 0.15) is 20.0 Å². The van der Waals surface area contributed by atoms with Gasteiger partial charge in [-0.2, -0.15) is 0 Å². The van der Waals surface area contributed by atoms with Gasteiger partial charge in [-0.15, -0.1) is 11.3 Å². The highest BCUT2D eigenvalue weighted by Gasteiger charge is 2.09. The lowest BCUT2D eigenvalue weighted by molar-refractivity contribution is 0.0935. The van der Waals surface area contributed by atoms with Crippen LogP contribution in [0, 0.1) is 0 Å². The summed E-state index contributed by atoms with van der Waals surface area (Å²) in [5.41, 5.74) is 5.36. The van der Waals surface area contributed by atoms with E-state index in [1.807, 2.05) is 0 Å². The predicted molar refractivity (Wildman–Crippen MR) is 89.1 cm³/mol. The number of hydrogen-bond acceptors (Lipinski definition) is 4. The molecule has 0 bridgehead atoms. The van der Waals surface area contributed by atoms with Crippen LogP contribution in [0.15, 0.2) is 46.3 Å². The van der Waals surface area contributed by atoms with Crippen molar-refractivity contribution in [1.82, 2.24) is 16.2 Å². The molecule has 0 spiro atoms. The van der Waals surface area contributed by atoms with Gasteiger partial charge >= 0.3 is 0 Å². The average molecular weight is 384 g/mol. The minimum absolute atomic E-state index is 0.0267. The molecule has 2 rings (SSSR count). The van der Waals surface area contributed by atoms with Gasteiger partial charge in [0.25, 0.3) is 11.8 Å². The first-order chi connectivity index (χ1) is 10.1. The molecule has 0 atom stereocenters. The Hall–Kier alpha value is -1.77. The topological polar surface area (TPSA) is 70.2 Å². The first-order valence-electron chi connectivity index (χ1n) is 5.77. The van der Waals surface area contributed by atoms with Gasteiger partial charge in [0, 0.05) is 10.0 Å². The van der Waals surface area contributed by atoms with Crippen molar-refractivity contribution in [2.24, 2.45) is 0 Å². The molecule has 0 radical (unpaired) electrons. The molecule has 21 heavy (non-hydrogen) atoms. The maximum atomic E-state index is 11.8. The molecule has 2 aromatic rings. The zero-order valence-electron chi connectivity index (χ0n) is 10.6. The van der Waals surface area contributed by atoms with Gasteiger partial charge in [0.2, 0.25) is 0 Å². The summed E-state index contributed by atoms with van der Waals surface area (Å²) in [7, 11) is 0. The second-order valence-corrected chi connectivity index (χ2v) is 6.12. The van der Waals surface area contributed by atoms with Crippen LogP contribution in [0.4, 0.5) is 0 Å². The standard InChI is InChI=1S/C13H10BrN3O2S2/c14-9-5-3-8(4-6-9)11(18)16-17-13(20)15-12(19)10-2-1-7-21-10/h1-7H,(H,16,18)(H2,15,17,19,20). The average Bonchev–Trinajstić information content (AvgIpc) is 3.00. The summed E-state index contributed by atoms with van der Waals surface area (Å²) >= 11 is 9.53. The van der Waals surface area contributed by atoms with Gasteiger partial charge in [-0.05, 0) is 47.9 Å². The number of thiophene rings is 1. The Bertz CT molecular complexity index is 657. The quantitative estimate of drug-likeness (QED) is 0.550. The van der Waals surface area contributed by atoms with Crippen molar-refractivity contribution < 1.29 is 9.59 Å². The Morgan fingerprint density at radius 2 is 1.76 bits per heavy atom. The van der Waals surface area contributed by atoms with Gasteiger partial charge in [0.1, 0.15) is 0 Å². The molecule has 5 nitrogen and oxygen atoms in total. The minimum Gasteiger partial charge on any atom is -0.297 e. The zero-order valence-corrected chi connectivity index (χ0v) is 13.8. The molecule has 0 aliphatic heterocycles. The van der Waals surface area contributed by atoms with Crippen LogP contribution >= 0.6 is 39.5 Å². The monoisotopic (exact) mass is 383 g/mol. The number of benzene rings is 1. The maximum absolute atomic E-state index is 11.8. The molecule has 0 saturated carbocycles. The highest BCUT2D eigenvalue weighted by atomic mass is 79.9. The van der Waals surface area contributed by atoms with Crippen LogP contribution in [0.2, 0.25) is 0 Å². The van der Waals surface area contributed by atoms with Gasteiger partial charge in [0.15, 0.2) is 5.11 Å². The van der Waals surface area contributed by atoms with E-state index >= 15 is 0 Å². The number of thiocarbonyl (C=S) groups is 1. The van der Waals surface area contributed by atoms with E-state index in [1.54, 1.807) is 41.8 Å². The van der Waals surface area contributed by atoms with Crippen molar-refractivity contribution in [3.63, 3.8) is 0 Å². The smallest absolute Gasteiger partial charge is 0.269 e. The van der Waals surface area contributed by atoms with Crippen molar-refractivity contribution in [1.29, 1.82) is 0 Å². The number of carbonyl (C=O) groups is 2. The maximum Gasteiger partial charge on any atom is 0.269 e. The molecule has 0 unspecified atom stereocenters. The number of amides is 2. The number of nitrogens with one attached hydrogen (secondary N) is 3. The molecule has 2 amide bonds. The highest BCUT2D eigenvalue weighted by Crippen LogP contribution is 2.10. The number of halogens is 1. The summed E-state index contributed by atoms with van der Waals surface area (Å²) < 4.78 is 0.880. The lowest BCUT2D eigenvalue weighted by Gasteiger charge is -2.10. The van der Waals surface area contributed by atoms with Crippen molar-refractivity contribution in [2.75, 3.05) is 0 Å². The van der Waals surface area contributed by atoms with Crippen LogP contribution in [-0.2, 0) is 0 Å². The van der Waals surface area contributed by atoms with Crippen molar-refractivity contribution in [3.05, 3.63) is 56.7 Å². The molecule has 1 heterocycles. The fourth-order valence-corrected chi connectivity index (χ4v) is 2.42. The van der Waals surface area contributed by atoms with Crippen LogP contribution < -0.4 is 16.2 Å². The summed E-state index contributed by atoms with van der Waals surface area (Å²) in [6, 6.07) is 10.3. The third kappa shape index (κ3) is 4.62. The molecule has 3 N–H and O–H groups in total. The molecule has 0 aliphatic rings. The lowest BCUT2D eigenvalue weighted by atomic mass is 10.2. The molecular weight excluding hydrogens is 374 g/mol. The Balaban J connectivity index is 1.82. The van der Waals surface area contributed by atoms with Crippen LogP contribution in [0.5, 0.6) is 0 Å². The van der Waals surface area contributed by atoms with Gasteiger partial charge < -0.3 is 0 Å². The summed E-state index contributed by atoms with van der Waals surface area (Å²) in [4.78, 5) is 24.1. The second kappa shape index (κ2) is 7.30. The lowest BCUT2D eigenvalue weighted by Crippen LogP contribution is -2.48. The van der Waals surface area contributed by atoms with Gasteiger partial charge in [-0.25, -0.2) is 0 Å². The largest absolute Gasteiger partial charge is 0.297 e. The number of hydrogen-bond donors (Lipinski definition) is 3. The summed E-state index contributed by atoms with van der Waals surface area (Å²) in [5, 5.41) is 4.29.